The average molecular weight is 332 g/mol. The second kappa shape index (κ2) is 5.24. The van der Waals surface area contributed by atoms with Gasteiger partial charge in [0.15, 0.2) is 0 Å². The van der Waals surface area contributed by atoms with Crippen LogP contribution in [0.1, 0.15) is 29.6 Å². The summed E-state index contributed by atoms with van der Waals surface area (Å²) in [5.74, 6) is -1.20. The topological polar surface area (TPSA) is 92.7 Å². The molecule has 0 aliphatic carbocycles. The van der Waals surface area contributed by atoms with E-state index < -0.39 is 16.0 Å². The van der Waals surface area contributed by atoms with Crippen molar-refractivity contribution < 1.29 is 23.1 Å². The summed E-state index contributed by atoms with van der Waals surface area (Å²) < 4.78 is 33.0. The van der Waals surface area contributed by atoms with Crippen molar-refractivity contribution in [1.29, 1.82) is 0 Å². The summed E-state index contributed by atoms with van der Waals surface area (Å²) in [4.78, 5) is 10.7. The number of halogens is 1. The molecule has 2 fully saturated rings. The molecule has 0 saturated carbocycles. The van der Waals surface area contributed by atoms with Gasteiger partial charge < -0.3 is 9.84 Å². The maximum Gasteiger partial charge on any atom is 0.335 e. The molecule has 1 aromatic rings. The molecule has 0 amide bonds. The van der Waals surface area contributed by atoms with Gasteiger partial charge in [0.25, 0.3) is 0 Å². The third kappa shape index (κ3) is 2.78. The highest BCUT2D eigenvalue weighted by atomic mass is 35.5. The van der Waals surface area contributed by atoms with E-state index in [0.29, 0.717) is 6.42 Å². The zero-order chi connectivity index (χ0) is 15.2. The van der Waals surface area contributed by atoms with Crippen molar-refractivity contribution in [1.82, 2.24) is 4.72 Å². The normalized spacial score (nSPS) is 28.0. The molecule has 8 heteroatoms. The Morgan fingerprint density at radius 1 is 1.38 bits per heavy atom. The Kier molecular flexibility index (Phi) is 3.69. The Hall–Kier alpha value is -1.15. The van der Waals surface area contributed by atoms with Crippen LogP contribution in [0.2, 0.25) is 5.02 Å². The molecule has 21 heavy (non-hydrogen) atoms. The molecule has 2 aliphatic heterocycles. The predicted octanol–water partition coefficient (Wildman–Crippen LogP) is 1.64. The summed E-state index contributed by atoms with van der Waals surface area (Å²) in [7, 11) is -3.88. The number of carboxylic acid groups (broad SMARTS) is 1. The van der Waals surface area contributed by atoms with E-state index in [1.807, 2.05) is 0 Å². The molecule has 2 N–H and O–H groups in total. The van der Waals surface area contributed by atoms with E-state index in [-0.39, 0.29) is 33.7 Å². The zero-order valence-corrected chi connectivity index (χ0v) is 12.5. The molecule has 2 heterocycles. The molecule has 3 rings (SSSR count). The highest BCUT2D eigenvalue weighted by molar-refractivity contribution is 7.89. The Morgan fingerprint density at radius 2 is 2.14 bits per heavy atom. The van der Waals surface area contributed by atoms with Gasteiger partial charge in [-0.15, -0.1) is 0 Å². The first-order chi connectivity index (χ1) is 9.87. The van der Waals surface area contributed by atoms with Crippen molar-refractivity contribution in [2.45, 2.75) is 42.4 Å². The van der Waals surface area contributed by atoms with Gasteiger partial charge in [-0.25, -0.2) is 17.9 Å². The molecular weight excluding hydrogens is 318 g/mol. The second-order valence-electron chi connectivity index (χ2n) is 5.29. The van der Waals surface area contributed by atoms with Crippen molar-refractivity contribution >= 4 is 27.6 Å². The fraction of sp³-hybridized carbons (Fsp3) is 0.462. The van der Waals surface area contributed by atoms with Gasteiger partial charge in [-0.1, -0.05) is 11.6 Å². The van der Waals surface area contributed by atoms with Crippen LogP contribution in [-0.4, -0.2) is 37.7 Å². The fourth-order valence-corrected chi connectivity index (χ4v) is 4.67. The van der Waals surface area contributed by atoms with Crippen molar-refractivity contribution in [3.63, 3.8) is 0 Å². The molecule has 114 valence electrons. The van der Waals surface area contributed by atoms with Gasteiger partial charge in [-0.05, 0) is 37.5 Å². The number of hydrogen-bond acceptors (Lipinski definition) is 4. The quantitative estimate of drug-likeness (QED) is 0.875. The molecule has 0 spiro atoms. The monoisotopic (exact) mass is 331 g/mol. The van der Waals surface area contributed by atoms with Crippen molar-refractivity contribution in [3.8, 4) is 0 Å². The Morgan fingerprint density at radius 3 is 2.71 bits per heavy atom. The maximum atomic E-state index is 12.4. The van der Waals surface area contributed by atoms with Crippen LogP contribution in [0.15, 0.2) is 23.1 Å². The summed E-state index contributed by atoms with van der Waals surface area (Å²) in [6.07, 6.45) is 2.44. The van der Waals surface area contributed by atoms with Crippen molar-refractivity contribution in [2.75, 3.05) is 0 Å². The first-order valence-corrected chi connectivity index (χ1v) is 8.43. The Labute approximate surface area is 127 Å². The minimum absolute atomic E-state index is 0.00317. The predicted molar refractivity (Wildman–Crippen MR) is 75.0 cm³/mol. The number of carboxylic acids is 1. The van der Waals surface area contributed by atoms with E-state index in [0.717, 1.165) is 18.9 Å². The van der Waals surface area contributed by atoms with Crippen molar-refractivity contribution in [3.05, 3.63) is 28.8 Å². The van der Waals surface area contributed by atoms with Gasteiger partial charge in [0.1, 0.15) is 4.90 Å². The van der Waals surface area contributed by atoms with Crippen LogP contribution in [0.25, 0.3) is 0 Å². The van der Waals surface area contributed by atoms with E-state index in [1.54, 1.807) is 0 Å². The van der Waals surface area contributed by atoms with Gasteiger partial charge in [-0.3, -0.25) is 0 Å². The summed E-state index contributed by atoms with van der Waals surface area (Å²) in [6, 6.07) is 3.33. The van der Waals surface area contributed by atoms with Crippen molar-refractivity contribution in [2.24, 2.45) is 0 Å². The van der Waals surface area contributed by atoms with Gasteiger partial charge in [0.05, 0.1) is 28.8 Å². The molecule has 2 bridgehead atoms. The largest absolute Gasteiger partial charge is 0.478 e. The Bertz CT molecular complexity index is 690. The lowest BCUT2D eigenvalue weighted by atomic mass is 9.96. The minimum Gasteiger partial charge on any atom is -0.478 e. The number of sulfonamides is 1. The molecule has 0 radical (unpaired) electrons. The number of rotatable bonds is 4. The standard InChI is InChI=1S/C13H14ClNO5S/c14-9-3-1-7(13(16)17)5-12(9)21(18,19)15-10-6-8-2-4-11(10)20-8/h1,3,5,8,10-11,15H,2,4,6H2,(H,16,17). The lowest BCUT2D eigenvalue weighted by Gasteiger charge is -2.20. The minimum atomic E-state index is -3.88. The highest BCUT2D eigenvalue weighted by Gasteiger charge is 2.42. The number of aromatic carboxylic acids is 1. The Balaban J connectivity index is 1.88. The number of nitrogens with one attached hydrogen (secondary N) is 1. The van der Waals surface area contributed by atoms with Crippen LogP contribution < -0.4 is 4.72 Å². The van der Waals surface area contributed by atoms with E-state index in [1.165, 1.54) is 12.1 Å². The molecule has 3 unspecified atom stereocenters. The average Bonchev–Trinajstić information content (AvgIpc) is 3.00. The first kappa shape index (κ1) is 14.8. The maximum absolute atomic E-state index is 12.4. The number of hydrogen-bond donors (Lipinski definition) is 2. The molecule has 1 aromatic carbocycles. The van der Waals surface area contributed by atoms with Gasteiger partial charge in [0.2, 0.25) is 10.0 Å². The van der Waals surface area contributed by atoms with Crippen LogP contribution in [0.3, 0.4) is 0 Å². The van der Waals surface area contributed by atoms with Crippen LogP contribution in [-0.2, 0) is 14.8 Å². The zero-order valence-electron chi connectivity index (χ0n) is 11.0. The SMILES string of the molecule is O=C(O)c1ccc(Cl)c(S(=O)(=O)NC2CC3CCC2O3)c1. The van der Waals surface area contributed by atoms with Gasteiger partial charge >= 0.3 is 5.97 Å². The lowest BCUT2D eigenvalue weighted by Crippen LogP contribution is -2.41. The summed E-state index contributed by atoms with van der Waals surface area (Å²) in [5, 5.41) is 8.95. The van der Waals surface area contributed by atoms with E-state index in [9.17, 15) is 13.2 Å². The number of ether oxygens (including phenoxy) is 1. The summed E-state index contributed by atoms with van der Waals surface area (Å²) in [6.45, 7) is 0. The molecule has 3 atom stereocenters. The third-order valence-corrected chi connectivity index (χ3v) is 5.85. The summed E-state index contributed by atoms with van der Waals surface area (Å²) in [5.41, 5.74) is -0.121. The van der Waals surface area contributed by atoms with Crippen LogP contribution in [0.5, 0.6) is 0 Å². The van der Waals surface area contributed by atoms with Crippen LogP contribution >= 0.6 is 11.6 Å². The molecule has 2 saturated heterocycles. The third-order valence-electron chi connectivity index (χ3n) is 3.88. The van der Waals surface area contributed by atoms with E-state index in [2.05, 4.69) is 4.72 Å². The summed E-state index contributed by atoms with van der Waals surface area (Å²) >= 11 is 5.91. The number of fused-ring (bicyclic) bond motifs is 2. The number of benzene rings is 1. The van der Waals surface area contributed by atoms with Crippen LogP contribution in [0.4, 0.5) is 0 Å². The lowest BCUT2D eigenvalue weighted by molar-refractivity contribution is 0.0696. The van der Waals surface area contributed by atoms with Crippen LogP contribution in [0, 0.1) is 0 Å². The second-order valence-corrected chi connectivity index (χ2v) is 7.38. The molecule has 0 aromatic heterocycles. The molecule has 2 aliphatic rings. The smallest absolute Gasteiger partial charge is 0.335 e. The highest BCUT2D eigenvalue weighted by Crippen LogP contribution is 2.35. The van der Waals surface area contributed by atoms with Gasteiger partial charge in [0, 0.05) is 0 Å². The molecule has 6 nitrogen and oxygen atoms in total. The first-order valence-electron chi connectivity index (χ1n) is 6.57. The fourth-order valence-electron chi connectivity index (χ4n) is 2.87. The van der Waals surface area contributed by atoms with Gasteiger partial charge in [-0.2, -0.15) is 0 Å². The number of carbonyl (C=O) groups is 1. The molecular formula is C13H14ClNO5S. The van der Waals surface area contributed by atoms with E-state index >= 15 is 0 Å². The van der Waals surface area contributed by atoms with E-state index in [4.69, 9.17) is 21.4 Å².